The van der Waals surface area contributed by atoms with Crippen molar-refractivity contribution in [3.63, 3.8) is 0 Å². The molecule has 41 heavy (non-hydrogen) atoms. The van der Waals surface area contributed by atoms with Crippen LogP contribution < -0.4 is 9.47 Å². The van der Waals surface area contributed by atoms with Crippen LogP contribution in [0.25, 0.3) is 11.1 Å². The summed E-state index contributed by atoms with van der Waals surface area (Å²) in [5.41, 5.74) is 2.44. The van der Waals surface area contributed by atoms with Gasteiger partial charge < -0.3 is 14.6 Å². The van der Waals surface area contributed by atoms with Gasteiger partial charge in [0.2, 0.25) is 0 Å². The Kier molecular flexibility index (Phi) is 8.35. The summed E-state index contributed by atoms with van der Waals surface area (Å²) >= 11 is 0. The van der Waals surface area contributed by atoms with E-state index in [0.29, 0.717) is 34.8 Å². The summed E-state index contributed by atoms with van der Waals surface area (Å²) in [4.78, 5) is 11.5. The number of rotatable bonds is 11. The molecule has 3 aromatic rings. The average Bonchev–Trinajstić information content (AvgIpc) is 3.67. The van der Waals surface area contributed by atoms with Gasteiger partial charge in [-0.05, 0) is 102 Å². The Balaban J connectivity index is 1.48. The Morgan fingerprint density at radius 2 is 1.76 bits per heavy atom. The molecule has 3 aromatic carbocycles. The van der Waals surface area contributed by atoms with Crippen LogP contribution in [0.4, 0.5) is 13.2 Å². The first-order valence-electron chi connectivity index (χ1n) is 14.4. The van der Waals surface area contributed by atoms with Crippen molar-refractivity contribution < 1.29 is 32.5 Å². The van der Waals surface area contributed by atoms with Gasteiger partial charge in [-0.2, -0.15) is 0 Å². The summed E-state index contributed by atoms with van der Waals surface area (Å²) < 4.78 is 56.6. The smallest absolute Gasteiger partial charge is 0.303 e. The maximum Gasteiger partial charge on any atom is 0.303 e. The zero-order valence-electron chi connectivity index (χ0n) is 23.8. The van der Waals surface area contributed by atoms with E-state index in [2.05, 4.69) is 13.8 Å². The van der Waals surface area contributed by atoms with Gasteiger partial charge in [0.05, 0.1) is 13.5 Å². The van der Waals surface area contributed by atoms with Gasteiger partial charge in [-0.1, -0.05) is 33.1 Å². The number of carbonyl (C=O) groups is 1. The average molecular weight is 567 g/mol. The lowest BCUT2D eigenvalue weighted by molar-refractivity contribution is -0.137. The Morgan fingerprint density at radius 3 is 2.41 bits per heavy atom. The molecule has 2 atom stereocenters. The van der Waals surface area contributed by atoms with Gasteiger partial charge in [0.15, 0.2) is 0 Å². The number of ether oxygens (including phenoxy) is 2. The van der Waals surface area contributed by atoms with Gasteiger partial charge in [0, 0.05) is 17.2 Å². The number of hydrogen-bond acceptors (Lipinski definition) is 3. The summed E-state index contributed by atoms with van der Waals surface area (Å²) in [6, 6.07) is 11.9. The zero-order valence-corrected chi connectivity index (χ0v) is 23.8. The number of carboxylic acids is 1. The van der Waals surface area contributed by atoms with E-state index in [0.717, 1.165) is 37.7 Å². The van der Waals surface area contributed by atoms with E-state index >= 15 is 8.78 Å². The van der Waals surface area contributed by atoms with Crippen molar-refractivity contribution in [1.29, 1.82) is 0 Å². The molecule has 2 saturated carbocycles. The van der Waals surface area contributed by atoms with Gasteiger partial charge in [-0.15, -0.1) is 0 Å². The third-order valence-corrected chi connectivity index (χ3v) is 8.81. The molecule has 0 aliphatic heterocycles. The van der Waals surface area contributed by atoms with Crippen LogP contribution in [-0.4, -0.2) is 18.2 Å². The first-order chi connectivity index (χ1) is 19.5. The van der Waals surface area contributed by atoms with E-state index in [9.17, 15) is 14.3 Å². The van der Waals surface area contributed by atoms with Crippen molar-refractivity contribution in [2.75, 3.05) is 7.11 Å². The van der Waals surface area contributed by atoms with Crippen LogP contribution >= 0.6 is 0 Å². The molecule has 0 amide bonds. The molecule has 7 heteroatoms. The van der Waals surface area contributed by atoms with Crippen LogP contribution in [0.15, 0.2) is 48.5 Å². The summed E-state index contributed by atoms with van der Waals surface area (Å²) in [5.74, 6) is -1.53. The topological polar surface area (TPSA) is 55.8 Å². The number of hydrogen-bond donors (Lipinski definition) is 1. The molecule has 2 aliphatic carbocycles. The van der Waals surface area contributed by atoms with Gasteiger partial charge in [0.1, 0.15) is 35.6 Å². The normalized spacial score (nSPS) is 18.7. The van der Waals surface area contributed by atoms with Gasteiger partial charge in [0.25, 0.3) is 0 Å². The van der Waals surface area contributed by atoms with Crippen molar-refractivity contribution in [2.45, 2.75) is 77.2 Å². The van der Waals surface area contributed by atoms with Crippen molar-refractivity contribution in [2.24, 2.45) is 11.3 Å². The van der Waals surface area contributed by atoms with Gasteiger partial charge in [-0.3, -0.25) is 4.79 Å². The minimum atomic E-state index is -0.931. The fourth-order valence-electron chi connectivity index (χ4n) is 6.38. The van der Waals surface area contributed by atoms with Crippen molar-refractivity contribution in [3.05, 3.63) is 82.7 Å². The monoisotopic (exact) mass is 566 g/mol. The van der Waals surface area contributed by atoms with Crippen molar-refractivity contribution >= 4 is 5.97 Å². The van der Waals surface area contributed by atoms with E-state index in [4.69, 9.17) is 9.47 Å². The largest absolute Gasteiger partial charge is 0.497 e. The lowest BCUT2D eigenvalue weighted by Gasteiger charge is -2.30. The first-order valence-corrected chi connectivity index (χ1v) is 14.4. The molecule has 1 N–H and O–H groups in total. The minimum Gasteiger partial charge on any atom is -0.497 e. The molecular formula is C34H37F3O4. The summed E-state index contributed by atoms with van der Waals surface area (Å²) in [7, 11) is 1.51. The molecule has 5 rings (SSSR count). The molecule has 218 valence electrons. The molecule has 0 saturated heterocycles. The predicted molar refractivity (Wildman–Crippen MR) is 152 cm³/mol. The molecule has 0 bridgehead atoms. The Morgan fingerprint density at radius 1 is 0.976 bits per heavy atom. The highest BCUT2D eigenvalue weighted by atomic mass is 19.1. The number of carboxylic acid groups (broad SMARTS) is 1. The summed E-state index contributed by atoms with van der Waals surface area (Å²) in [6.45, 7) is 4.21. The Labute approximate surface area is 239 Å². The molecule has 2 aliphatic rings. The van der Waals surface area contributed by atoms with Gasteiger partial charge in [-0.25, -0.2) is 13.2 Å². The third kappa shape index (κ3) is 6.71. The minimum absolute atomic E-state index is 0.0573. The van der Waals surface area contributed by atoms with Crippen molar-refractivity contribution in [1.82, 2.24) is 0 Å². The lowest BCUT2D eigenvalue weighted by atomic mass is 9.75. The second kappa shape index (κ2) is 11.8. The molecule has 0 heterocycles. The molecular weight excluding hydrogens is 529 g/mol. The van der Waals surface area contributed by atoms with Crippen molar-refractivity contribution in [3.8, 4) is 22.6 Å². The number of aliphatic carboxylic acids is 1. The van der Waals surface area contributed by atoms with E-state index in [-0.39, 0.29) is 41.6 Å². The first kappa shape index (κ1) is 29.0. The Bertz CT molecular complexity index is 1430. The number of methoxy groups -OCH3 is 1. The van der Waals surface area contributed by atoms with E-state index in [1.165, 1.54) is 37.4 Å². The maximum atomic E-state index is 15.6. The second-order valence-corrected chi connectivity index (χ2v) is 12.3. The highest BCUT2D eigenvalue weighted by molar-refractivity contribution is 5.71. The highest BCUT2D eigenvalue weighted by Crippen LogP contribution is 2.52. The number of halogens is 3. The fraction of sp³-hybridized carbons (Fsp3) is 0.441. The second-order valence-electron chi connectivity index (χ2n) is 12.3. The van der Waals surface area contributed by atoms with Crippen LogP contribution in [0.1, 0.15) is 87.3 Å². The van der Waals surface area contributed by atoms with E-state index in [1.807, 2.05) is 0 Å². The standard InChI is InChI=1S/C34H37F3O4/c1-34(2)10-4-5-30(34)28-14-23(32(37)18-27(28)29-17-25(40-3)8-9-31(29)36)19-41-26-13-22(12-24(35)16-26)21(15-33(38)39)11-20-6-7-20/h8-9,12-14,16-18,20-21,30H,4-7,10-11,15,19H2,1-3H3,(H,38,39)/t21-,30+/m1/s1. The predicted octanol–water partition coefficient (Wildman–Crippen LogP) is 9.01. The van der Waals surface area contributed by atoms with Crippen LogP contribution in [0, 0.1) is 28.8 Å². The highest BCUT2D eigenvalue weighted by Gasteiger charge is 2.37. The van der Waals surface area contributed by atoms with Gasteiger partial charge >= 0.3 is 5.97 Å². The molecule has 4 nitrogen and oxygen atoms in total. The Hall–Kier alpha value is -3.48. The van der Waals surface area contributed by atoms with E-state index in [1.54, 1.807) is 18.2 Å². The molecule has 0 aromatic heterocycles. The fourth-order valence-corrected chi connectivity index (χ4v) is 6.38. The van der Waals surface area contributed by atoms with Crippen LogP contribution in [0.5, 0.6) is 11.5 Å². The molecule has 0 unspecified atom stereocenters. The summed E-state index contributed by atoms with van der Waals surface area (Å²) in [6.07, 6.45) is 5.64. The summed E-state index contributed by atoms with van der Waals surface area (Å²) in [5, 5.41) is 9.41. The molecule has 2 fully saturated rings. The molecule has 0 spiro atoms. The SMILES string of the molecule is COc1ccc(F)c(-c2cc(F)c(COc3cc(F)cc([C@@H](CC(=O)O)CC4CC4)c3)cc2[C@@H]2CCCC2(C)C)c1. The quantitative estimate of drug-likeness (QED) is 0.252. The van der Waals surface area contributed by atoms with Crippen LogP contribution in [0.2, 0.25) is 0 Å². The van der Waals surface area contributed by atoms with Crippen LogP contribution in [0.3, 0.4) is 0 Å². The maximum absolute atomic E-state index is 15.6. The molecule has 0 radical (unpaired) electrons. The van der Waals surface area contributed by atoms with E-state index < -0.39 is 23.4 Å². The lowest BCUT2D eigenvalue weighted by Crippen LogP contribution is -2.17. The van der Waals surface area contributed by atoms with Crippen LogP contribution in [-0.2, 0) is 11.4 Å². The third-order valence-electron chi connectivity index (χ3n) is 8.81. The zero-order chi connectivity index (χ0) is 29.3. The number of benzene rings is 3.